The van der Waals surface area contributed by atoms with E-state index in [0.717, 1.165) is 38.7 Å². The van der Waals surface area contributed by atoms with Gasteiger partial charge in [0.25, 0.3) is 0 Å². The summed E-state index contributed by atoms with van der Waals surface area (Å²) in [4.78, 5) is 6.85. The number of benzene rings is 3. The van der Waals surface area contributed by atoms with Crippen LogP contribution in [-0.2, 0) is 0 Å². The topological polar surface area (TPSA) is 42.3 Å². The highest BCUT2D eigenvalue weighted by Gasteiger charge is 2.42. The van der Waals surface area contributed by atoms with Gasteiger partial charge in [0.2, 0.25) is 0 Å². The number of thiocarbonyl (C=S) groups is 1. The minimum atomic E-state index is -0.130. The zero-order valence-corrected chi connectivity index (χ0v) is 22.1. The van der Waals surface area contributed by atoms with E-state index in [1.165, 1.54) is 0 Å². The normalized spacial score (nSPS) is 17.0. The van der Waals surface area contributed by atoms with Gasteiger partial charge in [-0.1, -0.05) is 46.3 Å². The quantitative estimate of drug-likeness (QED) is 0.214. The third kappa shape index (κ3) is 4.75. The van der Waals surface area contributed by atoms with Crippen LogP contribution in [-0.4, -0.2) is 14.7 Å². The second-order valence-corrected chi connectivity index (χ2v) is 9.99. The Bertz CT molecular complexity index is 1520. The van der Waals surface area contributed by atoms with Crippen molar-refractivity contribution in [1.82, 2.24) is 14.9 Å². The van der Waals surface area contributed by atoms with Gasteiger partial charge < -0.3 is 19.5 Å². The molecule has 0 saturated carbocycles. The van der Waals surface area contributed by atoms with Crippen LogP contribution in [0.2, 0.25) is 0 Å². The highest BCUT2D eigenvalue weighted by atomic mass is 79.9. The molecule has 0 aliphatic carbocycles. The van der Waals surface area contributed by atoms with E-state index >= 15 is 0 Å². The fourth-order valence-electron chi connectivity index (χ4n) is 4.73. The lowest BCUT2D eigenvalue weighted by Gasteiger charge is -2.29. The summed E-state index contributed by atoms with van der Waals surface area (Å²) in [5.41, 5.74) is 4.08. The summed E-state index contributed by atoms with van der Waals surface area (Å²) in [5.74, 6) is 1.57. The molecule has 2 atom stereocenters. The Morgan fingerprint density at radius 2 is 1.57 bits per heavy atom. The van der Waals surface area contributed by atoms with E-state index in [1.807, 2.05) is 91.1 Å². The minimum Gasteiger partial charge on any atom is -0.457 e. The summed E-state index contributed by atoms with van der Waals surface area (Å²) in [6.45, 7) is 0. The number of aromatic nitrogens is 2. The number of anilines is 1. The van der Waals surface area contributed by atoms with Crippen molar-refractivity contribution < 1.29 is 4.74 Å². The smallest absolute Gasteiger partial charge is 0.174 e. The van der Waals surface area contributed by atoms with Gasteiger partial charge in [0.1, 0.15) is 17.5 Å². The lowest BCUT2D eigenvalue weighted by atomic mass is 10.0. The third-order valence-electron chi connectivity index (χ3n) is 6.36. The Labute approximate surface area is 229 Å². The predicted molar refractivity (Wildman–Crippen MR) is 154 cm³/mol. The van der Waals surface area contributed by atoms with Crippen molar-refractivity contribution in [1.29, 1.82) is 0 Å². The van der Waals surface area contributed by atoms with Crippen LogP contribution in [0.3, 0.4) is 0 Å². The molecule has 0 bridgehead atoms. The van der Waals surface area contributed by atoms with E-state index in [0.29, 0.717) is 5.11 Å². The van der Waals surface area contributed by atoms with Crippen LogP contribution in [0.25, 0.3) is 5.69 Å². The zero-order valence-electron chi connectivity index (χ0n) is 19.7. The molecule has 0 radical (unpaired) electrons. The molecule has 0 amide bonds. The van der Waals surface area contributed by atoms with Gasteiger partial charge >= 0.3 is 0 Å². The number of rotatable bonds is 6. The first kappa shape index (κ1) is 23.5. The van der Waals surface area contributed by atoms with Crippen molar-refractivity contribution in [2.75, 3.05) is 4.90 Å². The first-order valence-corrected chi connectivity index (χ1v) is 13.1. The Morgan fingerprint density at radius 3 is 2.32 bits per heavy atom. The molecule has 0 spiro atoms. The van der Waals surface area contributed by atoms with Crippen LogP contribution in [0.1, 0.15) is 23.5 Å². The van der Waals surface area contributed by atoms with Crippen LogP contribution in [0.5, 0.6) is 11.5 Å². The molecule has 37 heavy (non-hydrogen) atoms. The second-order valence-electron chi connectivity index (χ2n) is 8.69. The molecular weight excluding hydrogens is 544 g/mol. The Hall–Kier alpha value is -3.94. The molecule has 1 saturated heterocycles. The van der Waals surface area contributed by atoms with E-state index in [4.69, 9.17) is 17.0 Å². The summed E-state index contributed by atoms with van der Waals surface area (Å²) < 4.78 is 9.25. The predicted octanol–water partition coefficient (Wildman–Crippen LogP) is 7.60. The number of para-hydroxylation sites is 1. The Kier molecular flexibility index (Phi) is 6.47. The van der Waals surface area contributed by atoms with Gasteiger partial charge in [0, 0.05) is 33.9 Å². The molecule has 7 heteroatoms. The van der Waals surface area contributed by atoms with Gasteiger partial charge in [0.05, 0.1) is 11.7 Å². The average Bonchev–Trinajstić information content (AvgIpc) is 3.55. The first-order chi connectivity index (χ1) is 18.2. The van der Waals surface area contributed by atoms with Crippen LogP contribution in [0, 0.1) is 0 Å². The highest BCUT2D eigenvalue weighted by Crippen LogP contribution is 2.42. The Balaban J connectivity index is 1.41. The van der Waals surface area contributed by atoms with Crippen LogP contribution in [0.15, 0.2) is 126 Å². The summed E-state index contributed by atoms with van der Waals surface area (Å²) in [7, 11) is 0. The summed E-state index contributed by atoms with van der Waals surface area (Å²) in [6.07, 6.45) is 3.91. The number of hydrogen-bond acceptors (Lipinski definition) is 3. The van der Waals surface area contributed by atoms with E-state index < -0.39 is 0 Å². The molecule has 0 unspecified atom stereocenters. The minimum absolute atomic E-state index is 0.128. The number of hydrogen-bond donors (Lipinski definition) is 1. The fraction of sp³-hybridized carbons (Fsp3) is 0.0667. The maximum absolute atomic E-state index is 6.01. The first-order valence-electron chi connectivity index (χ1n) is 11.9. The molecule has 2 aromatic heterocycles. The zero-order chi connectivity index (χ0) is 25.2. The summed E-state index contributed by atoms with van der Waals surface area (Å²) in [6, 6.07) is 36.0. The highest BCUT2D eigenvalue weighted by molar-refractivity contribution is 9.10. The third-order valence-corrected chi connectivity index (χ3v) is 7.17. The van der Waals surface area contributed by atoms with Crippen molar-refractivity contribution in [3.05, 3.63) is 137 Å². The lowest BCUT2D eigenvalue weighted by Crippen LogP contribution is -2.30. The molecule has 6 rings (SSSR count). The fourth-order valence-corrected chi connectivity index (χ4v) is 5.46. The molecular formula is C30H23BrN4OS. The largest absolute Gasteiger partial charge is 0.457 e. The molecule has 3 heterocycles. The van der Waals surface area contributed by atoms with Crippen LogP contribution < -0.4 is 15.0 Å². The van der Waals surface area contributed by atoms with Crippen molar-refractivity contribution in [3.8, 4) is 17.2 Å². The standard InChI is InChI=1S/C30H23BrN4OS/c31-21-8-6-9-23(20-21)34-19-7-13-27(34)29-28(26-12-4-5-18-32-26)33-30(37)35(29)22-14-16-25(17-15-22)36-24-10-2-1-3-11-24/h1-20,28-29H,(H,33,37)/t28-,29+/m1/s1. The lowest BCUT2D eigenvalue weighted by molar-refractivity contribution is 0.482. The van der Waals surface area contributed by atoms with Crippen LogP contribution >= 0.6 is 28.1 Å². The number of nitrogens with one attached hydrogen (secondary N) is 1. The number of halogens is 1. The van der Waals surface area contributed by atoms with E-state index in [1.54, 1.807) is 0 Å². The maximum Gasteiger partial charge on any atom is 0.174 e. The molecule has 5 aromatic rings. The van der Waals surface area contributed by atoms with Gasteiger partial charge in [-0.15, -0.1) is 0 Å². The number of nitrogens with zero attached hydrogens (tertiary/aromatic N) is 3. The molecule has 1 aliphatic rings. The van der Waals surface area contributed by atoms with Crippen molar-refractivity contribution >= 4 is 38.9 Å². The van der Waals surface area contributed by atoms with Gasteiger partial charge in [0.15, 0.2) is 5.11 Å². The molecule has 1 N–H and O–H groups in total. The van der Waals surface area contributed by atoms with E-state index in [-0.39, 0.29) is 12.1 Å². The van der Waals surface area contributed by atoms with Crippen molar-refractivity contribution in [2.24, 2.45) is 0 Å². The molecule has 1 fully saturated rings. The number of ether oxygens (including phenoxy) is 1. The van der Waals surface area contributed by atoms with Gasteiger partial charge in [-0.05, 0) is 91.1 Å². The van der Waals surface area contributed by atoms with E-state index in [9.17, 15) is 0 Å². The maximum atomic E-state index is 6.01. The SMILES string of the molecule is S=C1N[C@H](c2ccccn2)[C@H](c2cccn2-c2cccc(Br)c2)N1c1ccc(Oc2ccccc2)cc1. The van der Waals surface area contributed by atoms with Crippen molar-refractivity contribution in [3.63, 3.8) is 0 Å². The average molecular weight is 568 g/mol. The van der Waals surface area contributed by atoms with Gasteiger partial charge in [-0.3, -0.25) is 4.98 Å². The molecule has 3 aromatic carbocycles. The molecule has 5 nitrogen and oxygen atoms in total. The summed E-state index contributed by atoms with van der Waals surface area (Å²) in [5, 5.41) is 4.19. The van der Waals surface area contributed by atoms with Gasteiger partial charge in [-0.2, -0.15) is 0 Å². The number of pyridine rings is 1. The molecule has 182 valence electrons. The van der Waals surface area contributed by atoms with Crippen molar-refractivity contribution in [2.45, 2.75) is 12.1 Å². The summed E-state index contributed by atoms with van der Waals surface area (Å²) >= 11 is 9.52. The molecule has 1 aliphatic heterocycles. The monoisotopic (exact) mass is 566 g/mol. The second kappa shape index (κ2) is 10.2. The van der Waals surface area contributed by atoms with Crippen LogP contribution in [0.4, 0.5) is 5.69 Å². The Morgan fingerprint density at radius 1 is 0.784 bits per heavy atom. The van der Waals surface area contributed by atoms with E-state index in [2.05, 4.69) is 66.2 Å². The van der Waals surface area contributed by atoms with Gasteiger partial charge in [-0.25, -0.2) is 0 Å².